The van der Waals surface area contributed by atoms with E-state index in [0.29, 0.717) is 23.9 Å². The van der Waals surface area contributed by atoms with E-state index in [-0.39, 0.29) is 17.0 Å². The van der Waals surface area contributed by atoms with Gasteiger partial charge < -0.3 is 9.72 Å². The van der Waals surface area contributed by atoms with E-state index in [1.807, 2.05) is 18.2 Å². The molecule has 0 aliphatic carbocycles. The smallest absolute Gasteiger partial charge is 0.294 e. The molecule has 1 aliphatic rings. The first-order chi connectivity index (χ1) is 17.6. The first kappa shape index (κ1) is 24.3. The van der Waals surface area contributed by atoms with Gasteiger partial charge >= 0.3 is 0 Å². The number of fused-ring (bicyclic) bond motifs is 3. The molecule has 188 valence electrons. The molecule has 4 aromatic rings. The van der Waals surface area contributed by atoms with Crippen molar-refractivity contribution in [2.75, 3.05) is 32.8 Å². The zero-order valence-corrected chi connectivity index (χ0v) is 20.8. The summed E-state index contributed by atoms with van der Waals surface area (Å²) in [5.74, 6) is 0.825. The van der Waals surface area contributed by atoms with Crippen LogP contribution in [-0.4, -0.2) is 63.1 Å². The standard InChI is InChI=1S/C28H33N5O3/c1-2-6-26-30-31-27-28(35)29-23-19-22(10-12-24(23)33(26)27)25(34)13-11-21-8-4-3-7-20(21)9-5-14-32-15-17-36-18-16-32/h3-4,7-8,10,12,19H,2,5-6,9,11,13-18H2,1H3,(H,29,35). The number of rotatable bonds is 10. The van der Waals surface area contributed by atoms with Gasteiger partial charge in [0, 0.05) is 31.5 Å². The van der Waals surface area contributed by atoms with Crippen molar-refractivity contribution in [2.24, 2.45) is 0 Å². The van der Waals surface area contributed by atoms with Crippen LogP contribution in [0.5, 0.6) is 0 Å². The predicted molar refractivity (Wildman–Crippen MR) is 140 cm³/mol. The number of nitrogens with zero attached hydrogens (tertiary/aromatic N) is 4. The van der Waals surface area contributed by atoms with Gasteiger partial charge in [-0.3, -0.25) is 18.9 Å². The first-order valence-electron chi connectivity index (χ1n) is 12.9. The Morgan fingerprint density at radius 2 is 1.81 bits per heavy atom. The number of hydrogen-bond acceptors (Lipinski definition) is 6. The summed E-state index contributed by atoms with van der Waals surface area (Å²) in [4.78, 5) is 31.0. The zero-order valence-electron chi connectivity index (χ0n) is 20.8. The number of aromatic nitrogens is 4. The van der Waals surface area contributed by atoms with Crippen LogP contribution in [0.1, 0.15) is 53.5 Å². The number of morpholine rings is 1. The lowest BCUT2D eigenvalue weighted by atomic mass is 9.96. The van der Waals surface area contributed by atoms with Crippen LogP contribution < -0.4 is 5.56 Å². The third-order valence-corrected chi connectivity index (χ3v) is 6.98. The largest absolute Gasteiger partial charge is 0.379 e. The second kappa shape index (κ2) is 11.1. The van der Waals surface area contributed by atoms with Gasteiger partial charge in [-0.2, -0.15) is 0 Å². The number of carbonyl (C=O) groups is 1. The van der Waals surface area contributed by atoms with E-state index in [9.17, 15) is 9.59 Å². The van der Waals surface area contributed by atoms with Crippen molar-refractivity contribution in [3.8, 4) is 0 Å². The molecule has 1 saturated heterocycles. The molecule has 0 amide bonds. The van der Waals surface area contributed by atoms with Crippen molar-refractivity contribution < 1.29 is 9.53 Å². The second-order valence-corrected chi connectivity index (χ2v) is 9.46. The highest BCUT2D eigenvalue weighted by Crippen LogP contribution is 2.19. The number of carbonyl (C=O) groups excluding carboxylic acids is 1. The Morgan fingerprint density at radius 1 is 1.03 bits per heavy atom. The number of benzene rings is 2. The van der Waals surface area contributed by atoms with Gasteiger partial charge in [0.25, 0.3) is 5.56 Å². The lowest BCUT2D eigenvalue weighted by Crippen LogP contribution is -2.36. The second-order valence-electron chi connectivity index (χ2n) is 9.46. The van der Waals surface area contributed by atoms with E-state index in [2.05, 4.69) is 45.2 Å². The molecule has 5 rings (SSSR count). The Bertz CT molecular complexity index is 1420. The minimum absolute atomic E-state index is 0.0681. The van der Waals surface area contributed by atoms with E-state index in [1.165, 1.54) is 11.1 Å². The molecule has 8 heteroatoms. The molecule has 0 radical (unpaired) electrons. The van der Waals surface area contributed by atoms with Gasteiger partial charge in [-0.05, 0) is 61.6 Å². The normalized spacial score (nSPS) is 14.6. The third-order valence-electron chi connectivity index (χ3n) is 6.98. The molecule has 1 fully saturated rings. The van der Waals surface area contributed by atoms with Crippen LogP contribution in [0.3, 0.4) is 0 Å². The summed E-state index contributed by atoms with van der Waals surface area (Å²) < 4.78 is 7.24. The molecular weight excluding hydrogens is 454 g/mol. The van der Waals surface area contributed by atoms with Crippen molar-refractivity contribution in [3.05, 3.63) is 75.3 Å². The van der Waals surface area contributed by atoms with E-state index < -0.39 is 0 Å². The van der Waals surface area contributed by atoms with Crippen molar-refractivity contribution in [3.63, 3.8) is 0 Å². The fraction of sp³-hybridized carbons (Fsp3) is 0.429. The Hall–Kier alpha value is -3.36. The predicted octanol–water partition coefficient (Wildman–Crippen LogP) is 3.60. The van der Waals surface area contributed by atoms with Gasteiger partial charge in [-0.25, -0.2) is 0 Å². The Morgan fingerprint density at radius 3 is 2.58 bits per heavy atom. The SMILES string of the molecule is CCCc1nnc2c(=O)[nH]c3cc(C(=O)CCc4ccccc4CCCN4CCOCC4)ccc3n12. The highest BCUT2D eigenvalue weighted by molar-refractivity contribution is 5.99. The number of hydrogen-bond donors (Lipinski definition) is 1. The highest BCUT2D eigenvalue weighted by Gasteiger charge is 2.15. The Labute approximate surface area is 210 Å². The molecule has 3 heterocycles. The number of Topliss-reactive ketones (excluding diaryl/α,β-unsaturated/α-hetero) is 1. The maximum Gasteiger partial charge on any atom is 0.294 e. The Balaban J connectivity index is 1.28. The maximum atomic E-state index is 13.1. The molecule has 0 unspecified atom stereocenters. The minimum atomic E-state index is -0.298. The van der Waals surface area contributed by atoms with Gasteiger partial charge in [-0.1, -0.05) is 31.2 Å². The molecule has 2 aromatic heterocycles. The molecule has 2 aromatic carbocycles. The average Bonchev–Trinajstić information content (AvgIpc) is 3.33. The molecular formula is C28H33N5O3. The van der Waals surface area contributed by atoms with Crippen LogP contribution >= 0.6 is 0 Å². The summed E-state index contributed by atoms with van der Waals surface area (Å²) in [5, 5.41) is 8.25. The minimum Gasteiger partial charge on any atom is -0.379 e. The summed E-state index contributed by atoms with van der Waals surface area (Å²) in [7, 11) is 0. The van der Waals surface area contributed by atoms with Crippen LogP contribution in [0.15, 0.2) is 47.3 Å². The van der Waals surface area contributed by atoms with Crippen LogP contribution in [0, 0.1) is 0 Å². The van der Waals surface area contributed by atoms with E-state index in [4.69, 9.17) is 4.74 Å². The van der Waals surface area contributed by atoms with Gasteiger partial charge in [0.2, 0.25) is 5.65 Å². The first-order valence-corrected chi connectivity index (χ1v) is 12.9. The van der Waals surface area contributed by atoms with Crippen LogP contribution in [0.25, 0.3) is 16.7 Å². The summed E-state index contributed by atoms with van der Waals surface area (Å²) in [6.07, 6.45) is 4.86. The number of ether oxygens (including phenoxy) is 1. The third kappa shape index (κ3) is 5.24. The molecule has 36 heavy (non-hydrogen) atoms. The fourth-order valence-electron chi connectivity index (χ4n) is 5.04. The van der Waals surface area contributed by atoms with Crippen molar-refractivity contribution in [1.82, 2.24) is 24.5 Å². The number of aromatic amines is 1. The summed E-state index contributed by atoms with van der Waals surface area (Å²) in [6.45, 7) is 6.81. The number of aryl methyl sites for hydroxylation is 3. The molecule has 0 spiro atoms. The van der Waals surface area contributed by atoms with Crippen molar-refractivity contribution >= 4 is 22.5 Å². The van der Waals surface area contributed by atoms with Crippen LogP contribution in [-0.2, 0) is 24.0 Å². The van der Waals surface area contributed by atoms with Crippen LogP contribution in [0.2, 0.25) is 0 Å². The molecule has 0 saturated carbocycles. The molecule has 0 atom stereocenters. The van der Waals surface area contributed by atoms with Gasteiger partial charge in [-0.15, -0.1) is 10.2 Å². The van der Waals surface area contributed by atoms with E-state index in [0.717, 1.165) is 69.9 Å². The zero-order chi connectivity index (χ0) is 24.9. The molecule has 0 bridgehead atoms. The lowest BCUT2D eigenvalue weighted by Gasteiger charge is -2.26. The summed E-state index contributed by atoms with van der Waals surface area (Å²) in [5.41, 5.74) is 4.58. The fourth-order valence-corrected chi connectivity index (χ4v) is 5.04. The monoisotopic (exact) mass is 487 g/mol. The highest BCUT2D eigenvalue weighted by atomic mass is 16.5. The lowest BCUT2D eigenvalue weighted by molar-refractivity contribution is 0.0374. The number of H-pyrrole nitrogens is 1. The molecule has 1 N–H and O–H groups in total. The van der Waals surface area contributed by atoms with E-state index in [1.54, 1.807) is 10.5 Å². The van der Waals surface area contributed by atoms with Gasteiger partial charge in [0.05, 0.1) is 24.2 Å². The number of nitrogens with one attached hydrogen (secondary N) is 1. The topological polar surface area (TPSA) is 92.6 Å². The van der Waals surface area contributed by atoms with Crippen molar-refractivity contribution in [1.29, 1.82) is 0 Å². The van der Waals surface area contributed by atoms with Gasteiger partial charge in [0.15, 0.2) is 5.78 Å². The number of ketones is 1. The molecule has 8 nitrogen and oxygen atoms in total. The average molecular weight is 488 g/mol. The molecule has 1 aliphatic heterocycles. The maximum absolute atomic E-state index is 13.1. The van der Waals surface area contributed by atoms with Crippen LogP contribution in [0.4, 0.5) is 0 Å². The Kier molecular flexibility index (Phi) is 7.53. The van der Waals surface area contributed by atoms with Gasteiger partial charge in [0.1, 0.15) is 5.82 Å². The van der Waals surface area contributed by atoms with Crippen molar-refractivity contribution in [2.45, 2.75) is 45.4 Å². The summed E-state index contributed by atoms with van der Waals surface area (Å²) in [6, 6.07) is 13.9. The van der Waals surface area contributed by atoms with E-state index >= 15 is 0 Å². The summed E-state index contributed by atoms with van der Waals surface area (Å²) >= 11 is 0. The quantitative estimate of drug-likeness (QED) is 0.344.